The highest BCUT2D eigenvalue weighted by Crippen LogP contribution is 2.21. The van der Waals surface area contributed by atoms with Gasteiger partial charge in [0.05, 0.1) is 26.5 Å². The lowest BCUT2D eigenvalue weighted by molar-refractivity contribution is 0.122. The molecule has 1 N–H and O–H groups in total. The fraction of sp³-hybridized carbons (Fsp3) is 0.412. The van der Waals surface area contributed by atoms with E-state index >= 15 is 0 Å². The van der Waals surface area contributed by atoms with Gasteiger partial charge in [0.1, 0.15) is 5.75 Å². The third kappa shape index (κ3) is 5.04. The number of halogens is 1. The van der Waals surface area contributed by atoms with E-state index in [1.807, 2.05) is 37.2 Å². The molecular weight excluding hydrogens is 414 g/mol. The lowest BCUT2D eigenvalue weighted by atomic mass is 10.2. The first-order chi connectivity index (χ1) is 13.1. The quantitative estimate of drug-likeness (QED) is 0.544. The summed E-state index contributed by atoms with van der Waals surface area (Å²) in [5.41, 5.74) is 3.72. The normalized spacial score (nSPS) is 14.4. The van der Waals surface area contributed by atoms with Gasteiger partial charge in [-0.2, -0.15) is 20.1 Å². The summed E-state index contributed by atoms with van der Waals surface area (Å²) < 4.78 is 11.7. The fourth-order valence-corrected chi connectivity index (χ4v) is 2.85. The Balaban J connectivity index is 1.81. The molecule has 0 unspecified atom stereocenters. The van der Waals surface area contributed by atoms with Crippen LogP contribution in [0.1, 0.15) is 5.56 Å². The molecule has 2 heterocycles. The molecule has 3 rings (SSSR count). The van der Waals surface area contributed by atoms with Crippen molar-refractivity contribution in [3.8, 4) is 5.75 Å². The molecule has 1 fully saturated rings. The minimum atomic E-state index is 0.375. The van der Waals surface area contributed by atoms with Gasteiger partial charge in [-0.3, -0.25) is 0 Å². The zero-order valence-electron chi connectivity index (χ0n) is 15.5. The predicted molar refractivity (Wildman–Crippen MR) is 109 cm³/mol. The van der Waals surface area contributed by atoms with E-state index in [0.717, 1.165) is 28.9 Å². The predicted octanol–water partition coefficient (Wildman–Crippen LogP) is 1.99. The summed E-state index contributed by atoms with van der Waals surface area (Å²) in [7, 11) is 5.40. The van der Waals surface area contributed by atoms with Crippen LogP contribution >= 0.6 is 15.9 Å². The number of aromatic nitrogens is 3. The molecule has 0 spiro atoms. The van der Waals surface area contributed by atoms with Crippen LogP contribution in [0.4, 0.5) is 17.8 Å². The minimum absolute atomic E-state index is 0.375. The molecule has 1 aliphatic heterocycles. The van der Waals surface area contributed by atoms with Crippen LogP contribution in [0, 0.1) is 0 Å². The number of hydrogen-bond donors (Lipinski definition) is 1. The molecule has 27 heavy (non-hydrogen) atoms. The molecular formula is C17H22BrN7O2. The van der Waals surface area contributed by atoms with Gasteiger partial charge < -0.3 is 19.3 Å². The van der Waals surface area contributed by atoms with E-state index in [1.54, 1.807) is 13.3 Å². The number of rotatable bonds is 6. The van der Waals surface area contributed by atoms with Crippen LogP contribution in [0.25, 0.3) is 0 Å². The number of morpholine rings is 1. The van der Waals surface area contributed by atoms with Crippen LogP contribution in [-0.2, 0) is 4.74 Å². The number of methoxy groups -OCH3 is 1. The van der Waals surface area contributed by atoms with Gasteiger partial charge in [-0.1, -0.05) is 15.9 Å². The number of benzene rings is 1. The van der Waals surface area contributed by atoms with E-state index in [9.17, 15) is 0 Å². The Labute approximate surface area is 166 Å². The lowest BCUT2D eigenvalue weighted by Crippen LogP contribution is -2.37. The summed E-state index contributed by atoms with van der Waals surface area (Å²) in [6.07, 6.45) is 1.66. The Hall–Kier alpha value is -2.46. The average molecular weight is 436 g/mol. The van der Waals surface area contributed by atoms with Gasteiger partial charge in [0.15, 0.2) is 0 Å². The topological polar surface area (TPSA) is 88.0 Å². The maximum absolute atomic E-state index is 5.40. The van der Waals surface area contributed by atoms with Crippen molar-refractivity contribution in [2.75, 3.05) is 62.7 Å². The summed E-state index contributed by atoms with van der Waals surface area (Å²) in [6, 6.07) is 5.70. The molecule has 1 aliphatic rings. The summed E-state index contributed by atoms with van der Waals surface area (Å²) in [5, 5.41) is 4.26. The van der Waals surface area contributed by atoms with E-state index < -0.39 is 0 Å². The summed E-state index contributed by atoms with van der Waals surface area (Å²) in [5.74, 6) is 2.27. The molecule has 0 bridgehead atoms. The van der Waals surface area contributed by atoms with E-state index in [1.165, 1.54) is 0 Å². The number of anilines is 3. The maximum Gasteiger partial charge on any atom is 0.250 e. The molecule has 2 aromatic rings. The molecule has 0 aliphatic carbocycles. The van der Waals surface area contributed by atoms with Crippen molar-refractivity contribution < 1.29 is 9.47 Å². The zero-order valence-corrected chi connectivity index (χ0v) is 17.1. The molecule has 0 atom stereocenters. The van der Waals surface area contributed by atoms with Gasteiger partial charge in [-0.25, -0.2) is 5.43 Å². The van der Waals surface area contributed by atoms with Crippen LogP contribution in [0.2, 0.25) is 0 Å². The second-order valence-electron chi connectivity index (χ2n) is 6.01. The molecule has 10 heteroatoms. The van der Waals surface area contributed by atoms with Gasteiger partial charge in [-0.15, -0.1) is 0 Å². The molecule has 1 aromatic carbocycles. The van der Waals surface area contributed by atoms with Crippen LogP contribution in [-0.4, -0.2) is 68.7 Å². The Kier molecular flexibility index (Phi) is 6.40. The van der Waals surface area contributed by atoms with Crippen molar-refractivity contribution in [3.05, 3.63) is 28.2 Å². The minimum Gasteiger partial charge on any atom is -0.496 e. The Morgan fingerprint density at radius 2 is 2.04 bits per heavy atom. The number of nitrogens with one attached hydrogen (secondary N) is 1. The van der Waals surface area contributed by atoms with Crippen LogP contribution < -0.4 is 20.0 Å². The van der Waals surface area contributed by atoms with Crippen molar-refractivity contribution >= 4 is 40.0 Å². The molecule has 144 valence electrons. The Morgan fingerprint density at radius 1 is 1.26 bits per heavy atom. The van der Waals surface area contributed by atoms with Crippen molar-refractivity contribution in [1.82, 2.24) is 15.0 Å². The number of nitrogens with zero attached hydrogens (tertiary/aromatic N) is 6. The smallest absolute Gasteiger partial charge is 0.250 e. The number of ether oxygens (including phenoxy) is 2. The first-order valence-corrected chi connectivity index (χ1v) is 9.25. The largest absolute Gasteiger partial charge is 0.496 e. The first-order valence-electron chi connectivity index (χ1n) is 8.45. The summed E-state index contributed by atoms with van der Waals surface area (Å²) in [4.78, 5) is 17.3. The third-order valence-corrected chi connectivity index (χ3v) is 4.36. The highest BCUT2D eigenvalue weighted by Gasteiger charge is 2.17. The van der Waals surface area contributed by atoms with Gasteiger partial charge in [0, 0.05) is 37.2 Å². The van der Waals surface area contributed by atoms with Crippen LogP contribution in [0.15, 0.2) is 27.8 Å². The van der Waals surface area contributed by atoms with E-state index in [2.05, 4.69) is 46.3 Å². The van der Waals surface area contributed by atoms with Crippen LogP contribution in [0.5, 0.6) is 5.75 Å². The molecule has 1 aromatic heterocycles. The Bertz CT molecular complexity index is 810. The standard InChI is InChI=1S/C17H22BrN7O2/c1-24(2)16-20-15(21-17(22-16)25-6-8-27-9-7-25)23-19-11-12-10-13(18)4-5-14(12)26-3/h4-5,10-11H,6-9H2,1-3H3,(H,20,21,22,23)/b19-11-. The first kappa shape index (κ1) is 19.3. The molecule has 0 saturated carbocycles. The fourth-order valence-electron chi connectivity index (χ4n) is 2.47. The van der Waals surface area contributed by atoms with Gasteiger partial charge in [-0.05, 0) is 18.2 Å². The van der Waals surface area contributed by atoms with Gasteiger partial charge in [0.25, 0.3) is 0 Å². The molecule has 0 amide bonds. The SMILES string of the molecule is COc1ccc(Br)cc1/C=N\Nc1nc(N(C)C)nc(N2CCOCC2)n1. The second kappa shape index (κ2) is 8.96. The average Bonchev–Trinajstić information content (AvgIpc) is 2.68. The monoisotopic (exact) mass is 435 g/mol. The molecule has 9 nitrogen and oxygen atoms in total. The molecule has 1 saturated heterocycles. The lowest BCUT2D eigenvalue weighted by Gasteiger charge is -2.27. The summed E-state index contributed by atoms with van der Waals surface area (Å²) >= 11 is 3.45. The van der Waals surface area contributed by atoms with Crippen molar-refractivity contribution in [3.63, 3.8) is 0 Å². The highest BCUT2D eigenvalue weighted by atomic mass is 79.9. The third-order valence-electron chi connectivity index (χ3n) is 3.87. The zero-order chi connectivity index (χ0) is 19.2. The Morgan fingerprint density at radius 3 is 2.74 bits per heavy atom. The van der Waals surface area contributed by atoms with Crippen molar-refractivity contribution in [2.45, 2.75) is 0 Å². The summed E-state index contributed by atoms with van der Waals surface area (Å²) in [6.45, 7) is 2.81. The van der Waals surface area contributed by atoms with Crippen molar-refractivity contribution in [1.29, 1.82) is 0 Å². The highest BCUT2D eigenvalue weighted by molar-refractivity contribution is 9.10. The maximum atomic E-state index is 5.40. The number of hydrogen-bond acceptors (Lipinski definition) is 9. The molecule has 0 radical (unpaired) electrons. The van der Waals surface area contributed by atoms with E-state index in [-0.39, 0.29) is 0 Å². The van der Waals surface area contributed by atoms with E-state index in [0.29, 0.717) is 31.1 Å². The van der Waals surface area contributed by atoms with Crippen LogP contribution in [0.3, 0.4) is 0 Å². The van der Waals surface area contributed by atoms with E-state index in [4.69, 9.17) is 9.47 Å². The second-order valence-corrected chi connectivity index (χ2v) is 6.92. The number of hydrazone groups is 1. The van der Waals surface area contributed by atoms with Gasteiger partial charge in [0.2, 0.25) is 17.8 Å². The van der Waals surface area contributed by atoms with Gasteiger partial charge >= 0.3 is 0 Å². The van der Waals surface area contributed by atoms with Crippen molar-refractivity contribution in [2.24, 2.45) is 5.10 Å².